The molecular weight excluding hydrogens is 246 g/mol. The molecule has 0 unspecified atom stereocenters. The summed E-state index contributed by atoms with van der Waals surface area (Å²) in [6.45, 7) is 4.86. The Labute approximate surface area is 113 Å². The summed E-state index contributed by atoms with van der Waals surface area (Å²) in [7, 11) is 1.69. The van der Waals surface area contributed by atoms with Crippen LogP contribution in [0.2, 0.25) is 0 Å². The Kier molecular flexibility index (Phi) is 6.83. The summed E-state index contributed by atoms with van der Waals surface area (Å²) in [4.78, 5) is 11.7. The molecule has 100 valence electrons. The van der Waals surface area contributed by atoms with Gasteiger partial charge in [0.05, 0.1) is 5.75 Å². The number of amides is 1. The molecule has 0 aliphatic carbocycles. The summed E-state index contributed by atoms with van der Waals surface area (Å²) in [5.41, 5.74) is 3.31. The lowest BCUT2D eigenvalue weighted by Gasteiger charge is -2.07. The van der Waals surface area contributed by atoms with Crippen molar-refractivity contribution in [3.63, 3.8) is 0 Å². The van der Waals surface area contributed by atoms with E-state index in [0.29, 0.717) is 5.75 Å². The number of anilines is 1. The quantitative estimate of drug-likeness (QED) is 0.772. The van der Waals surface area contributed by atoms with Crippen LogP contribution in [0.5, 0.6) is 0 Å². The lowest BCUT2D eigenvalue weighted by Crippen LogP contribution is -2.14. The molecule has 0 atom stereocenters. The van der Waals surface area contributed by atoms with Gasteiger partial charge in [-0.25, -0.2) is 0 Å². The van der Waals surface area contributed by atoms with E-state index >= 15 is 0 Å². The predicted molar refractivity (Wildman–Crippen MR) is 78.4 cm³/mol. The molecule has 3 nitrogen and oxygen atoms in total. The highest BCUT2D eigenvalue weighted by atomic mass is 32.2. The lowest BCUT2D eigenvalue weighted by molar-refractivity contribution is -0.113. The van der Waals surface area contributed by atoms with Gasteiger partial charge in [-0.15, -0.1) is 0 Å². The number of aryl methyl sites for hydroxylation is 2. The molecule has 0 spiro atoms. The zero-order chi connectivity index (χ0) is 13.4. The van der Waals surface area contributed by atoms with Crippen LogP contribution in [0.15, 0.2) is 18.2 Å². The molecule has 1 aromatic carbocycles. The molecule has 1 amide bonds. The van der Waals surface area contributed by atoms with Crippen LogP contribution in [0.3, 0.4) is 0 Å². The van der Waals surface area contributed by atoms with E-state index in [1.807, 2.05) is 25.1 Å². The predicted octanol–water partition coefficient (Wildman–Crippen LogP) is 3.01. The third-order valence-corrected chi connectivity index (χ3v) is 3.70. The second kappa shape index (κ2) is 8.16. The van der Waals surface area contributed by atoms with E-state index in [2.05, 4.69) is 12.2 Å². The minimum atomic E-state index is 0.0562. The average Bonchev–Trinajstić information content (AvgIpc) is 2.34. The maximum Gasteiger partial charge on any atom is 0.234 e. The van der Waals surface area contributed by atoms with Crippen LogP contribution in [0.1, 0.15) is 17.5 Å². The Balaban J connectivity index is 2.29. The second-order valence-electron chi connectivity index (χ2n) is 4.25. The highest BCUT2D eigenvalue weighted by Crippen LogP contribution is 2.14. The molecule has 0 bridgehead atoms. The molecule has 0 aliphatic rings. The SMILES string of the molecule is COCCCSCC(=O)Nc1ccc(C)c(C)c1. The van der Waals surface area contributed by atoms with Crippen LogP contribution in [-0.2, 0) is 9.53 Å². The van der Waals surface area contributed by atoms with Crippen molar-refractivity contribution in [3.8, 4) is 0 Å². The van der Waals surface area contributed by atoms with Crippen molar-refractivity contribution in [2.75, 3.05) is 30.5 Å². The van der Waals surface area contributed by atoms with Gasteiger partial charge in [-0.2, -0.15) is 11.8 Å². The number of carbonyl (C=O) groups excluding carboxylic acids is 1. The van der Waals surface area contributed by atoms with E-state index in [9.17, 15) is 4.79 Å². The van der Waals surface area contributed by atoms with Gasteiger partial charge in [-0.1, -0.05) is 6.07 Å². The monoisotopic (exact) mass is 267 g/mol. The van der Waals surface area contributed by atoms with Crippen molar-refractivity contribution in [2.24, 2.45) is 0 Å². The lowest BCUT2D eigenvalue weighted by atomic mass is 10.1. The third kappa shape index (κ3) is 5.56. The van der Waals surface area contributed by atoms with Gasteiger partial charge in [-0.3, -0.25) is 4.79 Å². The zero-order valence-corrected chi connectivity index (χ0v) is 12.1. The van der Waals surface area contributed by atoms with E-state index in [0.717, 1.165) is 24.5 Å². The van der Waals surface area contributed by atoms with Gasteiger partial charge in [0.25, 0.3) is 0 Å². The van der Waals surface area contributed by atoms with Crippen LogP contribution in [0.4, 0.5) is 5.69 Å². The molecule has 1 aromatic rings. The number of rotatable bonds is 7. The van der Waals surface area contributed by atoms with E-state index in [1.165, 1.54) is 11.1 Å². The number of ether oxygens (including phenoxy) is 1. The number of methoxy groups -OCH3 is 1. The number of thioether (sulfide) groups is 1. The molecule has 0 fully saturated rings. The van der Waals surface area contributed by atoms with Crippen LogP contribution in [-0.4, -0.2) is 31.1 Å². The third-order valence-electron chi connectivity index (χ3n) is 2.66. The van der Waals surface area contributed by atoms with E-state index in [1.54, 1.807) is 18.9 Å². The minimum absolute atomic E-state index is 0.0562. The van der Waals surface area contributed by atoms with E-state index in [4.69, 9.17) is 4.74 Å². The smallest absolute Gasteiger partial charge is 0.234 e. The highest BCUT2D eigenvalue weighted by Gasteiger charge is 2.03. The Morgan fingerprint density at radius 3 is 2.78 bits per heavy atom. The molecule has 0 saturated heterocycles. The molecule has 4 heteroatoms. The van der Waals surface area contributed by atoms with Gasteiger partial charge >= 0.3 is 0 Å². The summed E-state index contributed by atoms with van der Waals surface area (Å²) in [6.07, 6.45) is 0.984. The van der Waals surface area contributed by atoms with Crippen molar-refractivity contribution in [2.45, 2.75) is 20.3 Å². The maximum absolute atomic E-state index is 11.7. The molecule has 1 N–H and O–H groups in total. The average molecular weight is 267 g/mol. The van der Waals surface area contributed by atoms with Crippen LogP contribution < -0.4 is 5.32 Å². The molecule has 0 heterocycles. The maximum atomic E-state index is 11.7. The molecular formula is C14H21NO2S. The standard InChI is InChI=1S/C14H21NO2S/c1-11-5-6-13(9-12(11)2)15-14(16)10-18-8-4-7-17-3/h5-6,9H,4,7-8,10H2,1-3H3,(H,15,16). The van der Waals surface area contributed by atoms with Crippen LogP contribution in [0.25, 0.3) is 0 Å². The van der Waals surface area contributed by atoms with E-state index in [-0.39, 0.29) is 5.91 Å². The number of nitrogens with one attached hydrogen (secondary N) is 1. The summed E-state index contributed by atoms with van der Waals surface area (Å²) in [5, 5.41) is 2.91. The van der Waals surface area contributed by atoms with Crippen molar-refractivity contribution < 1.29 is 9.53 Å². The number of benzene rings is 1. The first-order valence-corrected chi connectivity index (χ1v) is 7.22. The van der Waals surface area contributed by atoms with Gasteiger partial charge in [0.2, 0.25) is 5.91 Å². The Hall–Kier alpha value is -1.00. The Morgan fingerprint density at radius 2 is 2.11 bits per heavy atom. The number of hydrogen-bond acceptors (Lipinski definition) is 3. The van der Waals surface area contributed by atoms with E-state index < -0.39 is 0 Å². The van der Waals surface area contributed by atoms with Gasteiger partial charge in [0, 0.05) is 19.4 Å². The molecule has 0 saturated carbocycles. The molecule has 0 aliphatic heterocycles. The topological polar surface area (TPSA) is 38.3 Å². The minimum Gasteiger partial charge on any atom is -0.385 e. The fourth-order valence-corrected chi connectivity index (χ4v) is 2.21. The van der Waals surface area contributed by atoms with Gasteiger partial charge in [0.15, 0.2) is 0 Å². The van der Waals surface area contributed by atoms with Crippen molar-refractivity contribution in [1.82, 2.24) is 0 Å². The molecule has 1 rings (SSSR count). The zero-order valence-electron chi connectivity index (χ0n) is 11.3. The fourth-order valence-electron chi connectivity index (χ4n) is 1.49. The van der Waals surface area contributed by atoms with Crippen molar-refractivity contribution in [3.05, 3.63) is 29.3 Å². The van der Waals surface area contributed by atoms with Gasteiger partial charge in [0.1, 0.15) is 0 Å². The Bertz CT molecular complexity index is 393. The number of carbonyl (C=O) groups is 1. The van der Waals surface area contributed by atoms with Gasteiger partial charge < -0.3 is 10.1 Å². The van der Waals surface area contributed by atoms with Gasteiger partial charge in [-0.05, 0) is 49.3 Å². The normalized spacial score (nSPS) is 10.4. The summed E-state index contributed by atoms with van der Waals surface area (Å²) in [5.74, 6) is 1.51. The second-order valence-corrected chi connectivity index (χ2v) is 5.35. The fraction of sp³-hybridized carbons (Fsp3) is 0.500. The highest BCUT2D eigenvalue weighted by molar-refractivity contribution is 7.99. The number of hydrogen-bond donors (Lipinski definition) is 1. The first-order chi connectivity index (χ1) is 8.63. The van der Waals surface area contributed by atoms with Crippen LogP contribution >= 0.6 is 11.8 Å². The summed E-state index contributed by atoms with van der Waals surface area (Å²) >= 11 is 1.64. The van der Waals surface area contributed by atoms with Crippen LogP contribution in [0, 0.1) is 13.8 Å². The first-order valence-electron chi connectivity index (χ1n) is 6.07. The molecule has 18 heavy (non-hydrogen) atoms. The van der Waals surface area contributed by atoms with Crippen molar-refractivity contribution in [1.29, 1.82) is 0 Å². The first kappa shape index (κ1) is 15.1. The summed E-state index contributed by atoms with van der Waals surface area (Å²) in [6, 6.07) is 5.97. The molecule has 0 radical (unpaired) electrons. The summed E-state index contributed by atoms with van der Waals surface area (Å²) < 4.78 is 4.96. The van der Waals surface area contributed by atoms with Crippen molar-refractivity contribution >= 4 is 23.4 Å². The molecule has 0 aromatic heterocycles. The Morgan fingerprint density at radius 1 is 1.33 bits per heavy atom. The largest absolute Gasteiger partial charge is 0.385 e.